The van der Waals surface area contributed by atoms with Crippen LogP contribution in [0.15, 0.2) is 30.3 Å². The standard InChI is InChI=1S/C17H26N2O/c1-19(17(20)16-11-7-12-18-14-16)13-6-5-10-15-8-3-2-4-9-15/h2-4,8-9,16,18H,5-7,10-14H2,1H3/t16-/m0/s1. The van der Waals surface area contributed by atoms with Gasteiger partial charge >= 0.3 is 0 Å². The van der Waals surface area contributed by atoms with Crippen molar-refractivity contribution in [3.63, 3.8) is 0 Å². The van der Waals surface area contributed by atoms with Gasteiger partial charge in [-0.15, -0.1) is 0 Å². The molecule has 1 heterocycles. The number of carbonyl (C=O) groups is 1. The molecule has 0 radical (unpaired) electrons. The third-order valence-electron chi connectivity index (χ3n) is 4.07. The van der Waals surface area contributed by atoms with Crippen LogP contribution in [0.25, 0.3) is 0 Å². The summed E-state index contributed by atoms with van der Waals surface area (Å²) in [6.07, 6.45) is 5.49. The fourth-order valence-corrected chi connectivity index (χ4v) is 2.81. The zero-order valence-electron chi connectivity index (χ0n) is 12.5. The number of nitrogens with zero attached hydrogens (tertiary/aromatic N) is 1. The first-order chi connectivity index (χ1) is 9.77. The van der Waals surface area contributed by atoms with E-state index in [0.29, 0.717) is 5.91 Å². The first-order valence-corrected chi connectivity index (χ1v) is 7.77. The molecule has 1 aliphatic rings. The van der Waals surface area contributed by atoms with E-state index in [1.165, 1.54) is 5.56 Å². The zero-order valence-corrected chi connectivity index (χ0v) is 12.5. The van der Waals surface area contributed by atoms with Crippen molar-refractivity contribution < 1.29 is 4.79 Å². The molecule has 1 aliphatic heterocycles. The highest BCUT2D eigenvalue weighted by Crippen LogP contribution is 2.13. The summed E-state index contributed by atoms with van der Waals surface area (Å²) in [4.78, 5) is 14.2. The number of carbonyl (C=O) groups excluding carboxylic acids is 1. The van der Waals surface area contributed by atoms with Gasteiger partial charge in [-0.2, -0.15) is 0 Å². The van der Waals surface area contributed by atoms with E-state index in [9.17, 15) is 4.79 Å². The Labute approximate surface area is 122 Å². The molecule has 1 aromatic rings. The van der Waals surface area contributed by atoms with E-state index in [-0.39, 0.29) is 5.92 Å². The van der Waals surface area contributed by atoms with E-state index < -0.39 is 0 Å². The highest BCUT2D eigenvalue weighted by atomic mass is 16.2. The molecule has 0 aromatic heterocycles. The van der Waals surface area contributed by atoms with E-state index in [1.54, 1.807) is 0 Å². The van der Waals surface area contributed by atoms with Crippen molar-refractivity contribution in [3.8, 4) is 0 Å². The third-order valence-corrected chi connectivity index (χ3v) is 4.07. The molecule has 1 atom stereocenters. The van der Waals surface area contributed by atoms with Gasteiger partial charge in [-0.05, 0) is 44.2 Å². The molecule has 2 rings (SSSR count). The minimum atomic E-state index is 0.197. The van der Waals surface area contributed by atoms with E-state index in [2.05, 4.69) is 29.6 Å². The number of rotatable bonds is 6. The minimum Gasteiger partial charge on any atom is -0.345 e. The molecule has 1 saturated heterocycles. The fraction of sp³-hybridized carbons (Fsp3) is 0.588. The molecule has 0 saturated carbocycles. The van der Waals surface area contributed by atoms with Gasteiger partial charge in [0.05, 0.1) is 5.92 Å². The number of unbranched alkanes of at least 4 members (excludes halogenated alkanes) is 1. The Kier molecular flexibility index (Phi) is 6.06. The smallest absolute Gasteiger partial charge is 0.226 e. The van der Waals surface area contributed by atoms with E-state index in [1.807, 2.05) is 18.0 Å². The van der Waals surface area contributed by atoms with Gasteiger partial charge in [0.2, 0.25) is 5.91 Å². The topological polar surface area (TPSA) is 32.3 Å². The summed E-state index contributed by atoms with van der Waals surface area (Å²) in [6, 6.07) is 10.6. The summed E-state index contributed by atoms with van der Waals surface area (Å²) in [5.41, 5.74) is 1.39. The Morgan fingerprint density at radius 1 is 1.30 bits per heavy atom. The number of hydrogen-bond acceptors (Lipinski definition) is 2. The largest absolute Gasteiger partial charge is 0.345 e. The summed E-state index contributed by atoms with van der Waals surface area (Å²) in [7, 11) is 1.94. The zero-order chi connectivity index (χ0) is 14.2. The van der Waals surface area contributed by atoms with Gasteiger partial charge in [-0.25, -0.2) is 0 Å². The van der Waals surface area contributed by atoms with Crippen molar-refractivity contribution >= 4 is 5.91 Å². The lowest BCUT2D eigenvalue weighted by molar-refractivity contribution is -0.134. The number of amides is 1. The monoisotopic (exact) mass is 274 g/mol. The van der Waals surface area contributed by atoms with Gasteiger partial charge in [0, 0.05) is 20.1 Å². The second kappa shape index (κ2) is 8.05. The van der Waals surface area contributed by atoms with Gasteiger partial charge in [-0.3, -0.25) is 4.79 Å². The quantitative estimate of drug-likeness (QED) is 0.808. The Morgan fingerprint density at radius 2 is 2.10 bits per heavy atom. The highest BCUT2D eigenvalue weighted by molar-refractivity contribution is 5.78. The second-order valence-corrected chi connectivity index (χ2v) is 5.75. The van der Waals surface area contributed by atoms with Crippen LogP contribution in [-0.2, 0) is 11.2 Å². The van der Waals surface area contributed by atoms with Crippen molar-refractivity contribution in [2.75, 3.05) is 26.7 Å². The molecule has 0 spiro atoms. The predicted molar refractivity (Wildman–Crippen MR) is 82.6 cm³/mol. The molecule has 1 fully saturated rings. The molecule has 1 N–H and O–H groups in total. The normalized spacial score (nSPS) is 18.8. The Morgan fingerprint density at radius 3 is 2.80 bits per heavy atom. The molecular formula is C17H26N2O. The van der Waals surface area contributed by atoms with Crippen LogP contribution in [0.2, 0.25) is 0 Å². The highest BCUT2D eigenvalue weighted by Gasteiger charge is 2.23. The second-order valence-electron chi connectivity index (χ2n) is 5.75. The van der Waals surface area contributed by atoms with Crippen molar-refractivity contribution in [2.24, 2.45) is 5.92 Å². The van der Waals surface area contributed by atoms with Gasteiger partial charge in [0.15, 0.2) is 0 Å². The van der Waals surface area contributed by atoms with Gasteiger partial charge in [-0.1, -0.05) is 30.3 Å². The van der Waals surface area contributed by atoms with Crippen LogP contribution < -0.4 is 5.32 Å². The number of piperidine rings is 1. The SMILES string of the molecule is CN(CCCCc1ccccc1)C(=O)[C@H]1CCCNC1. The van der Waals surface area contributed by atoms with Crippen molar-refractivity contribution in [2.45, 2.75) is 32.1 Å². The average molecular weight is 274 g/mol. The molecule has 3 heteroatoms. The van der Waals surface area contributed by atoms with Gasteiger partial charge in [0.25, 0.3) is 0 Å². The molecule has 3 nitrogen and oxygen atoms in total. The lowest BCUT2D eigenvalue weighted by Gasteiger charge is -2.27. The van der Waals surface area contributed by atoms with Gasteiger partial charge < -0.3 is 10.2 Å². The molecule has 1 aromatic carbocycles. The van der Waals surface area contributed by atoms with Crippen LogP contribution >= 0.6 is 0 Å². The predicted octanol–water partition coefficient (Wildman–Crippen LogP) is 2.47. The first kappa shape index (κ1) is 15.0. The molecule has 0 unspecified atom stereocenters. The van der Waals surface area contributed by atoms with Crippen LogP contribution in [0, 0.1) is 5.92 Å². The number of nitrogens with one attached hydrogen (secondary N) is 1. The molecule has 1 amide bonds. The summed E-state index contributed by atoms with van der Waals surface area (Å²) in [5, 5.41) is 3.31. The van der Waals surface area contributed by atoms with E-state index in [0.717, 1.165) is 51.7 Å². The van der Waals surface area contributed by atoms with Crippen LogP contribution in [0.1, 0.15) is 31.2 Å². The summed E-state index contributed by atoms with van der Waals surface area (Å²) >= 11 is 0. The van der Waals surface area contributed by atoms with Crippen LogP contribution in [0.5, 0.6) is 0 Å². The Bertz CT molecular complexity index is 399. The lowest BCUT2D eigenvalue weighted by atomic mass is 9.98. The van der Waals surface area contributed by atoms with Crippen molar-refractivity contribution in [1.29, 1.82) is 0 Å². The first-order valence-electron chi connectivity index (χ1n) is 7.77. The Hall–Kier alpha value is -1.35. The molecule has 0 bridgehead atoms. The maximum atomic E-state index is 12.2. The maximum Gasteiger partial charge on any atom is 0.226 e. The summed E-state index contributed by atoms with van der Waals surface area (Å²) in [6.45, 7) is 2.79. The summed E-state index contributed by atoms with van der Waals surface area (Å²) < 4.78 is 0. The lowest BCUT2D eigenvalue weighted by Crippen LogP contribution is -2.41. The number of hydrogen-bond donors (Lipinski definition) is 1. The third kappa shape index (κ3) is 4.64. The minimum absolute atomic E-state index is 0.197. The number of aryl methyl sites for hydroxylation is 1. The summed E-state index contributed by atoms with van der Waals surface area (Å²) in [5.74, 6) is 0.514. The molecule has 20 heavy (non-hydrogen) atoms. The van der Waals surface area contributed by atoms with E-state index in [4.69, 9.17) is 0 Å². The van der Waals surface area contributed by atoms with Crippen LogP contribution in [0.3, 0.4) is 0 Å². The Balaban J connectivity index is 1.64. The number of benzene rings is 1. The van der Waals surface area contributed by atoms with Crippen LogP contribution in [0.4, 0.5) is 0 Å². The van der Waals surface area contributed by atoms with Crippen LogP contribution in [-0.4, -0.2) is 37.5 Å². The fourth-order valence-electron chi connectivity index (χ4n) is 2.81. The maximum absolute atomic E-state index is 12.2. The van der Waals surface area contributed by atoms with Gasteiger partial charge in [0.1, 0.15) is 0 Å². The van der Waals surface area contributed by atoms with Crippen molar-refractivity contribution in [3.05, 3.63) is 35.9 Å². The van der Waals surface area contributed by atoms with Crippen molar-refractivity contribution in [1.82, 2.24) is 10.2 Å². The average Bonchev–Trinajstić information content (AvgIpc) is 2.52. The molecule has 0 aliphatic carbocycles. The molecular weight excluding hydrogens is 248 g/mol. The van der Waals surface area contributed by atoms with E-state index >= 15 is 0 Å². The molecule has 110 valence electrons.